The number of para-hydroxylation sites is 1. The smallest absolute Gasteiger partial charge is 0.238 e. The quantitative estimate of drug-likeness (QED) is 0.453. The van der Waals surface area contributed by atoms with Gasteiger partial charge < -0.3 is 9.88 Å². The number of benzene rings is 2. The van der Waals surface area contributed by atoms with Gasteiger partial charge >= 0.3 is 0 Å². The topological polar surface area (TPSA) is 133 Å². The maximum absolute atomic E-state index is 12.5. The number of nitrogens with one attached hydrogen (secondary N) is 1. The summed E-state index contributed by atoms with van der Waals surface area (Å²) in [5.41, 5.74) is 2.87. The van der Waals surface area contributed by atoms with Crippen LogP contribution in [0.25, 0.3) is 22.1 Å². The van der Waals surface area contributed by atoms with Crippen LogP contribution >= 0.6 is 11.8 Å². The van der Waals surface area contributed by atoms with Gasteiger partial charge in [-0.1, -0.05) is 30.0 Å². The van der Waals surface area contributed by atoms with Crippen molar-refractivity contribution in [2.75, 3.05) is 5.32 Å². The SMILES string of the molecule is C[C@@H](Sc1nnc2c3ccccc3n(C)c2n1)C(=O)Nc1ccc(S(N)(=O)=O)cc1. The van der Waals surface area contributed by atoms with Gasteiger partial charge in [0.15, 0.2) is 5.65 Å². The Bertz CT molecular complexity index is 1370. The van der Waals surface area contributed by atoms with Crippen molar-refractivity contribution in [2.24, 2.45) is 12.2 Å². The molecule has 0 radical (unpaired) electrons. The number of hydrogen-bond donors (Lipinski definition) is 2. The number of amides is 1. The number of nitrogens with zero attached hydrogens (tertiary/aromatic N) is 4. The Kier molecular flexibility index (Phi) is 5.18. The third-order valence-corrected chi connectivity index (χ3v) is 6.47. The van der Waals surface area contributed by atoms with Gasteiger partial charge in [0.25, 0.3) is 0 Å². The summed E-state index contributed by atoms with van der Waals surface area (Å²) in [6.07, 6.45) is 0. The number of hydrogen-bond acceptors (Lipinski definition) is 7. The molecular formula is C19H18N6O3S2. The number of aryl methyl sites for hydroxylation is 1. The average Bonchev–Trinajstić information content (AvgIpc) is 3.00. The van der Waals surface area contributed by atoms with E-state index in [4.69, 9.17) is 5.14 Å². The molecule has 4 rings (SSSR count). The van der Waals surface area contributed by atoms with Crippen molar-refractivity contribution in [2.45, 2.75) is 22.2 Å². The summed E-state index contributed by atoms with van der Waals surface area (Å²) in [6.45, 7) is 1.73. The Morgan fingerprint density at radius 2 is 1.83 bits per heavy atom. The van der Waals surface area contributed by atoms with E-state index in [1.54, 1.807) is 6.92 Å². The maximum Gasteiger partial charge on any atom is 0.238 e. The Morgan fingerprint density at radius 3 is 2.53 bits per heavy atom. The van der Waals surface area contributed by atoms with Crippen LogP contribution in [0.15, 0.2) is 58.6 Å². The summed E-state index contributed by atoms with van der Waals surface area (Å²) in [4.78, 5) is 17.1. The summed E-state index contributed by atoms with van der Waals surface area (Å²) in [7, 11) is -1.87. The van der Waals surface area contributed by atoms with Crippen LogP contribution < -0.4 is 10.5 Å². The minimum Gasteiger partial charge on any atom is -0.327 e. The van der Waals surface area contributed by atoms with Gasteiger partial charge in [0, 0.05) is 18.1 Å². The van der Waals surface area contributed by atoms with Crippen molar-refractivity contribution >= 4 is 55.4 Å². The fourth-order valence-corrected chi connectivity index (χ4v) is 4.25. The number of primary sulfonamides is 1. The van der Waals surface area contributed by atoms with Crippen LogP contribution in [0, 0.1) is 0 Å². The summed E-state index contributed by atoms with van der Waals surface area (Å²) in [5, 5.41) is 17.1. The summed E-state index contributed by atoms with van der Waals surface area (Å²) in [5.74, 6) is -0.274. The van der Waals surface area contributed by atoms with E-state index in [-0.39, 0.29) is 10.8 Å². The van der Waals surface area contributed by atoms with E-state index in [1.165, 1.54) is 36.0 Å². The van der Waals surface area contributed by atoms with Crippen molar-refractivity contribution < 1.29 is 13.2 Å². The second-order valence-corrected chi connectivity index (χ2v) is 9.53. The molecule has 0 spiro atoms. The molecule has 0 aliphatic carbocycles. The van der Waals surface area contributed by atoms with Crippen molar-refractivity contribution in [3.8, 4) is 0 Å². The summed E-state index contributed by atoms with van der Waals surface area (Å²) < 4.78 is 24.6. The molecule has 0 aliphatic heterocycles. The number of aromatic nitrogens is 4. The maximum atomic E-state index is 12.5. The number of nitrogens with two attached hydrogens (primary N) is 1. The van der Waals surface area contributed by atoms with Crippen LogP contribution in [0.2, 0.25) is 0 Å². The largest absolute Gasteiger partial charge is 0.327 e. The van der Waals surface area contributed by atoms with Crippen LogP contribution in [-0.2, 0) is 21.9 Å². The molecule has 0 saturated heterocycles. The van der Waals surface area contributed by atoms with Crippen LogP contribution in [0.5, 0.6) is 0 Å². The normalized spacial score (nSPS) is 12.9. The van der Waals surface area contributed by atoms with Gasteiger partial charge in [-0.15, -0.1) is 10.2 Å². The van der Waals surface area contributed by atoms with E-state index in [0.717, 1.165) is 10.9 Å². The number of rotatable bonds is 5. The van der Waals surface area contributed by atoms with Gasteiger partial charge in [0.2, 0.25) is 21.1 Å². The van der Waals surface area contributed by atoms with E-state index >= 15 is 0 Å². The third kappa shape index (κ3) is 3.86. The molecular weight excluding hydrogens is 424 g/mol. The molecule has 30 heavy (non-hydrogen) atoms. The summed E-state index contributed by atoms with van der Waals surface area (Å²) in [6, 6.07) is 13.5. The highest BCUT2D eigenvalue weighted by molar-refractivity contribution is 8.00. The standard InChI is InChI=1S/C19H18N6O3S2/c1-11(18(26)21-12-7-9-13(10-8-12)30(20,27)28)29-19-22-17-16(23-24-19)14-5-3-4-6-15(14)25(17)2/h3-11H,1-2H3,(H,21,26)(H2,20,27,28)/t11-/m1/s1. The lowest BCUT2D eigenvalue weighted by molar-refractivity contribution is -0.115. The lowest BCUT2D eigenvalue weighted by Crippen LogP contribution is -2.22. The Balaban J connectivity index is 1.51. The van der Waals surface area contributed by atoms with Gasteiger partial charge in [0.1, 0.15) is 5.52 Å². The predicted octanol–water partition coefficient (Wildman–Crippen LogP) is 2.28. The highest BCUT2D eigenvalue weighted by atomic mass is 32.2. The molecule has 3 N–H and O–H groups in total. The van der Waals surface area contributed by atoms with E-state index in [0.29, 0.717) is 22.0 Å². The molecule has 1 atom stereocenters. The van der Waals surface area contributed by atoms with Gasteiger partial charge in [-0.2, -0.15) is 0 Å². The number of fused-ring (bicyclic) bond motifs is 3. The molecule has 0 aliphatic rings. The van der Waals surface area contributed by atoms with E-state index in [9.17, 15) is 13.2 Å². The second-order valence-electron chi connectivity index (χ2n) is 6.66. The zero-order valence-corrected chi connectivity index (χ0v) is 17.7. The first-order valence-corrected chi connectivity index (χ1v) is 11.3. The molecule has 1 amide bonds. The first kappa shape index (κ1) is 20.3. The van der Waals surface area contributed by atoms with Crippen molar-refractivity contribution in [3.05, 3.63) is 48.5 Å². The van der Waals surface area contributed by atoms with Crippen LogP contribution in [0.4, 0.5) is 5.69 Å². The van der Waals surface area contributed by atoms with Crippen molar-refractivity contribution in [3.63, 3.8) is 0 Å². The number of thioether (sulfide) groups is 1. The van der Waals surface area contributed by atoms with E-state index in [2.05, 4.69) is 20.5 Å². The molecule has 0 bridgehead atoms. The second kappa shape index (κ2) is 7.67. The Labute approximate surface area is 176 Å². The molecule has 154 valence electrons. The van der Waals surface area contributed by atoms with Crippen LogP contribution in [0.3, 0.4) is 0 Å². The van der Waals surface area contributed by atoms with Gasteiger partial charge in [0.05, 0.1) is 15.7 Å². The molecule has 2 heterocycles. The summed E-state index contributed by atoms with van der Waals surface area (Å²) >= 11 is 1.19. The molecule has 11 heteroatoms. The van der Waals surface area contributed by atoms with E-state index in [1.807, 2.05) is 35.9 Å². The molecule has 2 aromatic heterocycles. The molecule has 9 nitrogen and oxygen atoms in total. The minimum atomic E-state index is -3.78. The molecule has 0 unspecified atom stereocenters. The Hall–Kier alpha value is -3.02. The number of sulfonamides is 1. The van der Waals surface area contributed by atoms with Crippen LogP contribution in [0.1, 0.15) is 6.92 Å². The first-order chi connectivity index (χ1) is 14.2. The molecule has 4 aromatic rings. The van der Waals surface area contributed by atoms with Gasteiger partial charge in [-0.25, -0.2) is 18.5 Å². The lowest BCUT2D eigenvalue weighted by Gasteiger charge is -2.11. The lowest BCUT2D eigenvalue weighted by atomic mass is 10.2. The predicted molar refractivity (Wildman–Crippen MR) is 116 cm³/mol. The number of carbonyl (C=O) groups excluding carboxylic acids is 1. The Morgan fingerprint density at radius 1 is 1.13 bits per heavy atom. The number of carbonyl (C=O) groups is 1. The fraction of sp³-hybridized carbons (Fsp3) is 0.158. The third-order valence-electron chi connectivity index (χ3n) is 4.59. The van der Waals surface area contributed by atoms with Gasteiger partial charge in [-0.05, 0) is 37.3 Å². The van der Waals surface area contributed by atoms with Gasteiger partial charge in [-0.3, -0.25) is 4.79 Å². The minimum absolute atomic E-state index is 0.0225. The van der Waals surface area contributed by atoms with Crippen molar-refractivity contribution in [1.82, 2.24) is 19.7 Å². The van der Waals surface area contributed by atoms with E-state index < -0.39 is 15.3 Å². The zero-order chi connectivity index (χ0) is 21.5. The number of anilines is 1. The zero-order valence-electron chi connectivity index (χ0n) is 16.1. The molecule has 0 fully saturated rings. The highest BCUT2D eigenvalue weighted by Crippen LogP contribution is 2.27. The monoisotopic (exact) mass is 442 g/mol. The average molecular weight is 443 g/mol. The first-order valence-electron chi connectivity index (χ1n) is 8.92. The molecule has 0 saturated carbocycles. The highest BCUT2D eigenvalue weighted by Gasteiger charge is 2.19. The fourth-order valence-electron chi connectivity index (χ4n) is 3.03. The van der Waals surface area contributed by atoms with Crippen molar-refractivity contribution in [1.29, 1.82) is 0 Å². The molecule has 2 aromatic carbocycles. The van der Waals surface area contributed by atoms with Crippen LogP contribution in [-0.4, -0.2) is 39.3 Å².